The van der Waals surface area contributed by atoms with Crippen LogP contribution in [0.15, 0.2) is 218 Å². The molecule has 0 bridgehead atoms. The Hall–Kier alpha value is -7.74. The maximum atomic E-state index is 6.86. The van der Waals surface area contributed by atoms with Gasteiger partial charge in [-0.25, -0.2) is 0 Å². The van der Waals surface area contributed by atoms with E-state index in [4.69, 9.17) is 4.74 Å². The molecule has 278 valence electrons. The van der Waals surface area contributed by atoms with Crippen molar-refractivity contribution in [2.75, 3.05) is 0 Å². The molecule has 0 N–H and O–H groups in total. The number of para-hydroxylation sites is 2. The Kier molecular flexibility index (Phi) is 7.00. The molecule has 11 aromatic rings. The van der Waals surface area contributed by atoms with E-state index >= 15 is 0 Å². The molecule has 1 spiro atoms. The minimum absolute atomic E-state index is 0.668. The fourth-order valence-corrected chi connectivity index (χ4v) is 10.9. The van der Waals surface area contributed by atoms with Gasteiger partial charge in [0.25, 0.3) is 0 Å². The fourth-order valence-electron chi connectivity index (χ4n) is 10.9. The summed E-state index contributed by atoms with van der Waals surface area (Å²) in [6.45, 7) is 0. The first-order valence-corrected chi connectivity index (χ1v) is 20.8. The summed E-state index contributed by atoms with van der Waals surface area (Å²) in [6.07, 6.45) is 0. The Morgan fingerprint density at radius 3 is 1.33 bits per heavy atom. The Balaban J connectivity index is 1.19. The van der Waals surface area contributed by atoms with Crippen LogP contribution in [0, 0.1) is 0 Å². The molecule has 0 radical (unpaired) electrons. The lowest BCUT2D eigenvalue weighted by molar-refractivity contribution is 0.437. The molecule has 0 unspecified atom stereocenters. The van der Waals surface area contributed by atoms with Crippen LogP contribution in [0.1, 0.15) is 22.3 Å². The van der Waals surface area contributed by atoms with E-state index in [-0.39, 0.29) is 0 Å². The molecule has 2 aliphatic rings. The average Bonchev–Trinajstić information content (AvgIpc) is 3.62. The van der Waals surface area contributed by atoms with Crippen LogP contribution in [-0.2, 0) is 5.41 Å². The van der Waals surface area contributed by atoms with Crippen molar-refractivity contribution in [3.63, 3.8) is 0 Å². The predicted octanol–water partition coefficient (Wildman–Crippen LogP) is 15.8. The normalized spacial score (nSPS) is 13.3. The van der Waals surface area contributed by atoms with Gasteiger partial charge in [-0.15, -0.1) is 0 Å². The summed E-state index contributed by atoms with van der Waals surface area (Å²) in [5, 5.41) is 10.0. The van der Waals surface area contributed by atoms with Gasteiger partial charge in [0.05, 0.1) is 5.41 Å². The Morgan fingerprint density at radius 2 is 0.733 bits per heavy atom. The first kappa shape index (κ1) is 33.3. The van der Waals surface area contributed by atoms with Crippen molar-refractivity contribution in [1.29, 1.82) is 0 Å². The smallest absolute Gasteiger partial charge is 0.132 e. The number of rotatable bonds is 3. The van der Waals surface area contributed by atoms with Crippen LogP contribution >= 0.6 is 0 Å². The van der Waals surface area contributed by atoms with Crippen molar-refractivity contribution in [3.05, 3.63) is 241 Å². The van der Waals surface area contributed by atoms with Gasteiger partial charge in [0, 0.05) is 11.1 Å². The highest BCUT2D eigenvalue weighted by Gasteiger charge is 2.52. The second kappa shape index (κ2) is 12.6. The van der Waals surface area contributed by atoms with Crippen LogP contribution in [0.3, 0.4) is 0 Å². The van der Waals surface area contributed by atoms with Gasteiger partial charge in [0.1, 0.15) is 11.5 Å². The van der Waals surface area contributed by atoms with Crippen molar-refractivity contribution in [1.82, 2.24) is 0 Å². The van der Waals surface area contributed by atoms with E-state index in [1.165, 1.54) is 110 Å². The summed E-state index contributed by atoms with van der Waals surface area (Å²) >= 11 is 0. The molecule has 0 amide bonds. The van der Waals surface area contributed by atoms with Crippen molar-refractivity contribution >= 4 is 43.1 Å². The number of hydrogen-bond donors (Lipinski definition) is 0. The molecule has 0 fully saturated rings. The first-order valence-electron chi connectivity index (χ1n) is 20.8. The third kappa shape index (κ3) is 4.47. The van der Waals surface area contributed by atoms with Crippen LogP contribution in [0.25, 0.3) is 87.6 Å². The Labute approximate surface area is 348 Å². The number of ether oxygens (including phenoxy) is 1. The summed E-state index contributed by atoms with van der Waals surface area (Å²) in [5.41, 5.74) is 14.2. The first-order chi connectivity index (χ1) is 29.8. The standard InChI is InChI=1S/C59H36O/c1-3-17-37(18-4-1)39-31-33-47-49(35-39)41-21-7-8-22-42(41)57-48-34-32-40(36-52(48)59(58(47)57)50-27-13-15-29-53(50)60-54-30-16-14-28-51(54)59)56-45-25-11-9-23-43(45)55(38-19-5-2-6-20-38)44-24-10-12-26-46(44)56/h1-36H. The van der Waals surface area contributed by atoms with Crippen LogP contribution in [-0.4, -0.2) is 0 Å². The molecule has 1 heterocycles. The van der Waals surface area contributed by atoms with Gasteiger partial charge in [0.2, 0.25) is 0 Å². The predicted molar refractivity (Wildman–Crippen MR) is 250 cm³/mol. The Morgan fingerprint density at radius 1 is 0.267 bits per heavy atom. The summed E-state index contributed by atoms with van der Waals surface area (Å²) in [4.78, 5) is 0. The maximum absolute atomic E-state index is 6.86. The molecule has 60 heavy (non-hydrogen) atoms. The second-order valence-corrected chi connectivity index (χ2v) is 16.2. The highest BCUT2D eigenvalue weighted by Crippen LogP contribution is 2.65. The summed E-state index contributed by atoms with van der Waals surface area (Å²) < 4.78 is 6.86. The third-order valence-electron chi connectivity index (χ3n) is 13.3. The highest BCUT2D eigenvalue weighted by molar-refractivity contribution is 6.23. The molecule has 1 nitrogen and oxygen atoms in total. The van der Waals surface area contributed by atoms with E-state index in [9.17, 15) is 0 Å². The molecule has 0 saturated heterocycles. The number of benzene rings is 11. The molecule has 13 rings (SSSR count). The van der Waals surface area contributed by atoms with Crippen molar-refractivity contribution in [3.8, 4) is 56.0 Å². The van der Waals surface area contributed by atoms with Crippen LogP contribution in [0.4, 0.5) is 0 Å². The van der Waals surface area contributed by atoms with Crippen LogP contribution in [0.5, 0.6) is 11.5 Å². The van der Waals surface area contributed by atoms with Gasteiger partial charge in [-0.05, 0) is 123 Å². The third-order valence-corrected chi connectivity index (χ3v) is 13.3. The molecule has 1 heteroatoms. The molecule has 0 aromatic heterocycles. The van der Waals surface area contributed by atoms with Crippen molar-refractivity contribution in [2.24, 2.45) is 0 Å². The zero-order valence-electron chi connectivity index (χ0n) is 32.7. The zero-order chi connectivity index (χ0) is 39.4. The quantitative estimate of drug-likeness (QED) is 0.129. The lowest BCUT2D eigenvalue weighted by Crippen LogP contribution is -2.32. The molecular weight excluding hydrogens is 725 g/mol. The second-order valence-electron chi connectivity index (χ2n) is 16.2. The lowest BCUT2D eigenvalue weighted by Gasteiger charge is -2.40. The largest absolute Gasteiger partial charge is 0.457 e. The minimum atomic E-state index is -0.668. The molecular formula is C59H36O. The van der Waals surface area contributed by atoms with Gasteiger partial charge < -0.3 is 4.74 Å². The van der Waals surface area contributed by atoms with Gasteiger partial charge in [-0.2, -0.15) is 0 Å². The average molecular weight is 761 g/mol. The van der Waals surface area contributed by atoms with E-state index < -0.39 is 5.41 Å². The Bertz CT molecular complexity index is 3460. The van der Waals surface area contributed by atoms with E-state index in [1.54, 1.807) is 0 Å². The van der Waals surface area contributed by atoms with E-state index in [0.717, 1.165) is 11.5 Å². The van der Waals surface area contributed by atoms with Gasteiger partial charge in [-0.1, -0.05) is 194 Å². The lowest BCUT2D eigenvalue weighted by atomic mass is 9.64. The molecule has 1 aliphatic heterocycles. The van der Waals surface area contributed by atoms with Crippen molar-refractivity contribution in [2.45, 2.75) is 5.41 Å². The SMILES string of the molecule is c1ccc(-c2ccc3c4c(c5ccccc5c3c2)-c2ccc(-c3c5ccccc5c(-c5ccccc5)c5ccccc35)cc2C42c3ccccc3Oc3ccccc32)cc1. The van der Waals surface area contributed by atoms with E-state index in [2.05, 4.69) is 218 Å². The van der Waals surface area contributed by atoms with Gasteiger partial charge >= 0.3 is 0 Å². The number of hydrogen-bond acceptors (Lipinski definition) is 1. The van der Waals surface area contributed by atoms with Gasteiger partial charge in [0.15, 0.2) is 0 Å². The molecule has 11 aromatic carbocycles. The van der Waals surface area contributed by atoms with Gasteiger partial charge in [-0.3, -0.25) is 0 Å². The number of fused-ring (bicyclic) bond motifs is 16. The highest BCUT2D eigenvalue weighted by atomic mass is 16.5. The molecule has 1 aliphatic carbocycles. The zero-order valence-corrected chi connectivity index (χ0v) is 32.7. The maximum Gasteiger partial charge on any atom is 0.132 e. The monoisotopic (exact) mass is 760 g/mol. The molecule has 0 saturated carbocycles. The minimum Gasteiger partial charge on any atom is -0.457 e. The fraction of sp³-hybridized carbons (Fsp3) is 0.0169. The summed E-state index contributed by atoms with van der Waals surface area (Å²) in [7, 11) is 0. The topological polar surface area (TPSA) is 9.23 Å². The van der Waals surface area contributed by atoms with E-state index in [0.29, 0.717) is 0 Å². The van der Waals surface area contributed by atoms with Crippen molar-refractivity contribution < 1.29 is 4.74 Å². The molecule has 0 atom stereocenters. The van der Waals surface area contributed by atoms with E-state index in [1.807, 2.05) is 0 Å². The van der Waals surface area contributed by atoms with Crippen LogP contribution < -0.4 is 4.74 Å². The summed E-state index contributed by atoms with van der Waals surface area (Å²) in [6, 6.07) is 80.5. The van der Waals surface area contributed by atoms with Crippen LogP contribution in [0.2, 0.25) is 0 Å². The summed E-state index contributed by atoms with van der Waals surface area (Å²) in [5.74, 6) is 1.79.